The lowest BCUT2D eigenvalue weighted by molar-refractivity contribution is -0.148. The number of aromatic nitrogens is 1. The van der Waals surface area contributed by atoms with E-state index in [4.69, 9.17) is 9.47 Å². The van der Waals surface area contributed by atoms with Gasteiger partial charge in [-0.2, -0.15) is 0 Å². The zero-order chi connectivity index (χ0) is 22.1. The third-order valence-corrected chi connectivity index (χ3v) is 6.36. The van der Waals surface area contributed by atoms with E-state index in [0.29, 0.717) is 13.0 Å². The first-order chi connectivity index (χ1) is 15.7. The summed E-state index contributed by atoms with van der Waals surface area (Å²) >= 11 is 0. The van der Waals surface area contributed by atoms with Crippen LogP contribution in [0.2, 0.25) is 0 Å². The van der Waals surface area contributed by atoms with E-state index in [9.17, 15) is 4.79 Å². The van der Waals surface area contributed by atoms with Gasteiger partial charge >= 0.3 is 5.97 Å². The van der Waals surface area contributed by atoms with E-state index in [1.54, 1.807) is 7.11 Å². The van der Waals surface area contributed by atoms with E-state index >= 15 is 0 Å². The lowest BCUT2D eigenvalue weighted by Crippen LogP contribution is -2.48. The molecule has 4 aromatic rings. The average Bonchev–Trinajstić information content (AvgIpc) is 3.22. The Kier molecular flexibility index (Phi) is 5.41. The van der Waals surface area contributed by atoms with Crippen molar-refractivity contribution < 1.29 is 14.3 Å². The summed E-state index contributed by atoms with van der Waals surface area (Å²) in [5.74, 6) is 0.593. The Morgan fingerprint density at radius 3 is 2.41 bits per heavy atom. The molecule has 2 heterocycles. The van der Waals surface area contributed by atoms with E-state index in [0.717, 1.165) is 33.5 Å². The van der Waals surface area contributed by atoms with Crippen molar-refractivity contribution in [3.05, 3.63) is 101 Å². The highest BCUT2D eigenvalue weighted by atomic mass is 16.5. The van der Waals surface area contributed by atoms with Crippen LogP contribution in [0.1, 0.15) is 28.4 Å². The van der Waals surface area contributed by atoms with E-state index < -0.39 is 0 Å². The van der Waals surface area contributed by atoms with Crippen molar-refractivity contribution in [2.75, 3.05) is 14.2 Å². The minimum atomic E-state index is -0.390. The van der Waals surface area contributed by atoms with Crippen LogP contribution in [0, 0.1) is 0 Å². The molecule has 5 nitrogen and oxygen atoms in total. The number of aromatic amines is 1. The summed E-state index contributed by atoms with van der Waals surface area (Å²) in [5.41, 5.74) is 5.65. The van der Waals surface area contributed by atoms with Crippen LogP contribution in [0.4, 0.5) is 0 Å². The zero-order valence-corrected chi connectivity index (χ0v) is 18.2. The number of carbonyl (C=O) groups is 1. The van der Waals surface area contributed by atoms with E-state index in [1.165, 1.54) is 12.7 Å². The zero-order valence-electron chi connectivity index (χ0n) is 18.2. The number of esters is 1. The van der Waals surface area contributed by atoms with Gasteiger partial charge in [-0.1, -0.05) is 60.7 Å². The third kappa shape index (κ3) is 3.55. The van der Waals surface area contributed by atoms with Gasteiger partial charge in [0.05, 0.1) is 20.3 Å². The van der Waals surface area contributed by atoms with Crippen LogP contribution in [0.25, 0.3) is 10.9 Å². The number of fused-ring (bicyclic) bond motifs is 3. The summed E-state index contributed by atoms with van der Waals surface area (Å²) in [4.78, 5) is 18.9. The summed E-state index contributed by atoms with van der Waals surface area (Å²) < 4.78 is 10.6. The van der Waals surface area contributed by atoms with Crippen molar-refractivity contribution in [1.82, 2.24) is 9.88 Å². The van der Waals surface area contributed by atoms with Gasteiger partial charge in [-0.05, 0) is 34.9 Å². The molecule has 0 saturated carbocycles. The molecule has 0 spiro atoms. The topological polar surface area (TPSA) is 54.6 Å². The second kappa shape index (κ2) is 8.52. The molecule has 32 heavy (non-hydrogen) atoms. The van der Waals surface area contributed by atoms with Gasteiger partial charge < -0.3 is 14.5 Å². The van der Waals surface area contributed by atoms with Crippen LogP contribution in [-0.2, 0) is 22.5 Å². The van der Waals surface area contributed by atoms with Gasteiger partial charge in [0.1, 0.15) is 11.8 Å². The van der Waals surface area contributed by atoms with E-state index in [2.05, 4.69) is 46.3 Å². The van der Waals surface area contributed by atoms with Crippen LogP contribution < -0.4 is 4.74 Å². The molecule has 5 rings (SSSR count). The molecule has 1 N–H and O–H groups in total. The maximum atomic E-state index is 13.0. The summed E-state index contributed by atoms with van der Waals surface area (Å²) in [6.07, 6.45) is 0.603. The number of nitrogens with one attached hydrogen (secondary N) is 1. The van der Waals surface area contributed by atoms with Crippen molar-refractivity contribution in [3.63, 3.8) is 0 Å². The molecule has 1 aromatic heterocycles. The van der Waals surface area contributed by atoms with Crippen LogP contribution in [-0.4, -0.2) is 36.1 Å². The van der Waals surface area contributed by atoms with E-state index in [1.807, 2.05) is 42.5 Å². The van der Waals surface area contributed by atoms with Gasteiger partial charge in [0.25, 0.3) is 0 Å². The van der Waals surface area contributed by atoms with Crippen LogP contribution >= 0.6 is 0 Å². The van der Waals surface area contributed by atoms with Gasteiger partial charge in [-0.3, -0.25) is 9.69 Å². The summed E-state index contributed by atoms with van der Waals surface area (Å²) in [6.45, 7) is 0.631. The number of para-hydroxylation sites is 1. The standard InChI is InChI=1S/C27H26N2O3/c1-31-20-14-12-19(13-15-20)26-25-22(21-10-6-7-11-23(21)28-25)16-24(27(30)32-2)29(26)17-18-8-4-3-5-9-18/h3-15,24,26,28H,16-17H2,1-2H3/t24-,26-/m1/s1. The Hall–Kier alpha value is -3.57. The number of hydrogen-bond acceptors (Lipinski definition) is 4. The molecule has 162 valence electrons. The number of carbonyl (C=O) groups excluding carboxylic acids is 1. The van der Waals surface area contributed by atoms with Gasteiger partial charge in [0, 0.05) is 29.6 Å². The molecule has 1 aliphatic heterocycles. The molecule has 0 amide bonds. The largest absolute Gasteiger partial charge is 0.497 e. The molecule has 1 aliphatic rings. The highest BCUT2D eigenvalue weighted by Gasteiger charge is 2.41. The van der Waals surface area contributed by atoms with Crippen LogP contribution in [0.15, 0.2) is 78.9 Å². The molecule has 3 aromatic carbocycles. The predicted molar refractivity (Wildman–Crippen MR) is 125 cm³/mol. The molecule has 0 saturated heterocycles. The predicted octanol–water partition coefficient (Wildman–Crippen LogP) is 4.87. The van der Waals surface area contributed by atoms with Crippen molar-refractivity contribution in [2.45, 2.75) is 25.0 Å². The minimum absolute atomic E-state index is 0.124. The normalized spacial score (nSPS) is 18.3. The third-order valence-electron chi connectivity index (χ3n) is 6.36. The highest BCUT2D eigenvalue weighted by Crippen LogP contribution is 2.42. The van der Waals surface area contributed by atoms with Crippen molar-refractivity contribution in [3.8, 4) is 5.75 Å². The van der Waals surface area contributed by atoms with Crippen LogP contribution in [0.3, 0.4) is 0 Å². The maximum absolute atomic E-state index is 13.0. The van der Waals surface area contributed by atoms with Crippen molar-refractivity contribution in [2.24, 2.45) is 0 Å². The number of hydrogen-bond donors (Lipinski definition) is 1. The Balaban J connectivity index is 1.70. The smallest absolute Gasteiger partial charge is 0.323 e. The second-order valence-corrected chi connectivity index (χ2v) is 8.14. The number of methoxy groups -OCH3 is 2. The molecular weight excluding hydrogens is 400 g/mol. The minimum Gasteiger partial charge on any atom is -0.497 e. The second-order valence-electron chi connectivity index (χ2n) is 8.14. The Morgan fingerprint density at radius 2 is 1.69 bits per heavy atom. The van der Waals surface area contributed by atoms with Gasteiger partial charge in [-0.25, -0.2) is 0 Å². The summed E-state index contributed by atoms with van der Waals surface area (Å²) in [7, 11) is 3.14. The summed E-state index contributed by atoms with van der Waals surface area (Å²) in [5, 5.41) is 1.16. The van der Waals surface area contributed by atoms with Crippen LogP contribution in [0.5, 0.6) is 5.75 Å². The number of rotatable bonds is 5. The quantitative estimate of drug-likeness (QED) is 0.463. The fraction of sp³-hybridized carbons (Fsp3) is 0.222. The lowest BCUT2D eigenvalue weighted by Gasteiger charge is -2.41. The van der Waals surface area contributed by atoms with E-state index in [-0.39, 0.29) is 18.1 Å². The van der Waals surface area contributed by atoms with Gasteiger partial charge in [-0.15, -0.1) is 0 Å². The van der Waals surface area contributed by atoms with Gasteiger partial charge in [0.2, 0.25) is 0 Å². The first-order valence-corrected chi connectivity index (χ1v) is 10.8. The van der Waals surface area contributed by atoms with Gasteiger partial charge in [0.15, 0.2) is 0 Å². The first kappa shape index (κ1) is 20.3. The number of H-pyrrole nitrogens is 1. The maximum Gasteiger partial charge on any atom is 0.323 e. The fourth-order valence-corrected chi connectivity index (χ4v) is 4.83. The SMILES string of the molecule is COC(=O)[C@H]1Cc2c([nH]c3ccccc23)[C@@H](c2ccc(OC)cc2)N1Cc1ccccc1. The van der Waals surface area contributed by atoms with Crippen molar-refractivity contribution >= 4 is 16.9 Å². The molecule has 0 fully saturated rings. The Morgan fingerprint density at radius 1 is 0.969 bits per heavy atom. The summed E-state index contributed by atoms with van der Waals surface area (Å²) in [6, 6.07) is 26.1. The number of ether oxygens (including phenoxy) is 2. The molecule has 0 radical (unpaired) electrons. The molecule has 2 atom stereocenters. The monoisotopic (exact) mass is 426 g/mol. The molecule has 5 heteroatoms. The first-order valence-electron chi connectivity index (χ1n) is 10.8. The molecule has 0 unspecified atom stereocenters. The Bertz CT molecular complexity index is 1230. The molecule has 0 bridgehead atoms. The number of benzene rings is 3. The number of nitrogens with zero attached hydrogens (tertiary/aromatic N) is 1. The lowest BCUT2D eigenvalue weighted by atomic mass is 9.87. The Labute approximate surface area is 187 Å². The van der Waals surface area contributed by atoms with Crippen molar-refractivity contribution in [1.29, 1.82) is 0 Å². The molecular formula is C27H26N2O3. The average molecular weight is 427 g/mol. The fourth-order valence-electron chi connectivity index (χ4n) is 4.83. The molecule has 0 aliphatic carbocycles. The highest BCUT2D eigenvalue weighted by molar-refractivity contribution is 5.87.